The third-order valence-electron chi connectivity index (χ3n) is 2.82. The molecule has 0 unspecified atom stereocenters. The van der Waals surface area contributed by atoms with Gasteiger partial charge in [-0.2, -0.15) is 0 Å². The summed E-state index contributed by atoms with van der Waals surface area (Å²) in [7, 11) is 0. The molecule has 0 radical (unpaired) electrons. The van der Waals surface area contributed by atoms with Gasteiger partial charge in [0.2, 0.25) is 0 Å². The van der Waals surface area contributed by atoms with E-state index < -0.39 is 0 Å². The van der Waals surface area contributed by atoms with Gasteiger partial charge in [0.15, 0.2) is 0 Å². The van der Waals surface area contributed by atoms with E-state index in [0.717, 1.165) is 30.5 Å². The molecule has 2 heterocycles. The zero-order valence-electron chi connectivity index (χ0n) is 6.68. The first-order chi connectivity index (χ1) is 5.79. The minimum Gasteiger partial charge on any atom is -0.364 e. The Morgan fingerprint density at radius 1 is 1.42 bits per heavy atom. The van der Waals surface area contributed by atoms with E-state index in [0.29, 0.717) is 0 Å². The van der Waals surface area contributed by atoms with E-state index in [1.54, 1.807) is 0 Å². The second kappa shape index (κ2) is 1.73. The Kier molecular flexibility index (Phi) is 0.908. The van der Waals surface area contributed by atoms with E-state index in [-0.39, 0.29) is 11.4 Å². The number of rotatable bonds is 0. The van der Waals surface area contributed by atoms with Gasteiger partial charge in [-0.3, -0.25) is 4.79 Å². The first kappa shape index (κ1) is 6.29. The summed E-state index contributed by atoms with van der Waals surface area (Å²) in [6.45, 7) is 0. The highest BCUT2D eigenvalue weighted by atomic mass is 16.2. The number of hydrogen-bond acceptors (Lipinski definition) is 1. The Hall–Kier alpha value is -1.25. The number of carbonyl (C=O) groups excluding carboxylic acids is 1. The molecule has 2 aliphatic rings. The van der Waals surface area contributed by atoms with Crippen LogP contribution in [0.3, 0.4) is 0 Å². The molecule has 1 aromatic heterocycles. The van der Waals surface area contributed by atoms with E-state index in [4.69, 9.17) is 0 Å². The lowest BCUT2D eigenvalue weighted by atomic mass is 10.0. The molecule has 1 saturated carbocycles. The number of nitrogens with one attached hydrogen (secondary N) is 2. The van der Waals surface area contributed by atoms with Crippen molar-refractivity contribution in [1.29, 1.82) is 0 Å². The summed E-state index contributed by atoms with van der Waals surface area (Å²) in [5.74, 6) is 0.0926. The molecule has 3 heteroatoms. The second-order valence-electron chi connectivity index (χ2n) is 3.78. The quantitative estimate of drug-likeness (QED) is 0.583. The van der Waals surface area contributed by atoms with Crippen molar-refractivity contribution < 1.29 is 4.79 Å². The SMILES string of the molecule is O=C1NC2(CC2)Cc2[nH]ccc21. The van der Waals surface area contributed by atoms with Crippen molar-refractivity contribution in [2.75, 3.05) is 0 Å². The molecule has 0 saturated heterocycles. The molecule has 3 rings (SSSR count). The number of aromatic nitrogens is 1. The Morgan fingerprint density at radius 3 is 3.00 bits per heavy atom. The molecule has 2 N–H and O–H groups in total. The molecular formula is C9H10N2O. The summed E-state index contributed by atoms with van der Waals surface area (Å²) in [6.07, 6.45) is 5.10. The van der Waals surface area contributed by atoms with Crippen molar-refractivity contribution in [2.24, 2.45) is 0 Å². The Balaban J connectivity index is 2.10. The minimum atomic E-state index is 0.0926. The number of hydrogen-bond donors (Lipinski definition) is 2. The lowest BCUT2D eigenvalue weighted by molar-refractivity contribution is 0.0919. The Morgan fingerprint density at radius 2 is 2.25 bits per heavy atom. The van der Waals surface area contributed by atoms with Gasteiger partial charge in [-0.25, -0.2) is 0 Å². The van der Waals surface area contributed by atoms with Gasteiger partial charge in [0.25, 0.3) is 5.91 Å². The summed E-state index contributed by atoms with van der Waals surface area (Å²) >= 11 is 0. The van der Waals surface area contributed by atoms with Gasteiger partial charge in [0.05, 0.1) is 5.56 Å². The highest BCUT2D eigenvalue weighted by Gasteiger charge is 2.47. The topological polar surface area (TPSA) is 44.9 Å². The first-order valence-electron chi connectivity index (χ1n) is 4.28. The van der Waals surface area contributed by atoms with Crippen molar-refractivity contribution in [3.05, 3.63) is 23.5 Å². The highest BCUT2D eigenvalue weighted by molar-refractivity contribution is 5.97. The summed E-state index contributed by atoms with van der Waals surface area (Å²) < 4.78 is 0. The maximum absolute atomic E-state index is 11.5. The lowest BCUT2D eigenvalue weighted by Gasteiger charge is -2.22. The molecule has 3 nitrogen and oxygen atoms in total. The fraction of sp³-hybridized carbons (Fsp3) is 0.444. The number of amides is 1. The molecule has 1 aromatic rings. The van der Waals surface area contributed by atoms with Gasteiger partial charge in [0, 0.05) is 23.9 Å². The second-order valence-corrected chi connectivity index (χ2v) is 3.78. The van der Waals surface area contributed by atoms with Crippen LogP contribution in [0.5, 0.6) is 0 Å². The predicted molar refractivity (Wildman–Crippen MR) is 43.9 cm³/mol. The third kappa shape index (κ3) is 0.682. The van der Waals surface area contributed by atoms with Gasteiger partial charge in [-0.15, -0.1) is 0 Å². The summed E-state index contributed by atoms with van der Waals surface area (Å²) in [5.41, 5.74) is 2.07. The maximum atomic E-state index is 11.5. The van der Waals surface area contributed by atoms with Gasteiger partial charge in [0.1, 0.15) is 0 Å². The van der Waals surface area contributed by atoms with Crippen LogP contribution < -0.4 is 5.32 Å². The number of aromatic amines is 1. The number of H-pyrrole nitrogens is 1. The molecule has 1 fully saturated rings. The van der Waals surface area contributed by atoms with Gasteiger partial charge < -0.3 is 10.3 Å². The van der Waals surface area contributed by atoms with Gasteiger partial charge in [-0.1, -0.05) is 0 Å². The Labute approximate surface area is 70.2 Å². The molecule has 0 atom stereocenters. The zero-order chi connectivity index (χ0) is 8.18. The van der Waals surface area contributed by atoms with Crippen LogP contribution in [0.15, 0.2) is 12.3 Å². The average Bonchev–Trinajstić information content (AvgIpc) is 2.63. The van der Waals surface area contributed by atoms with Crippen LogP contribution in [0.4, 0.5) is 0 Å². The van der Waals surface area contributed by atoms with E-state index in [1.165, 1.54) is 0 Å². The summed E-state index contributed by atoms with van der Waals surface area (Å²) in [6, 6.07) is 1.85. The zero-order valence-corrected chi connectivity index (χ0v) is 6.68. The molecule has 62 valence electrons. The standard InChI is InChI=1S/C9H10N2O/c12-8-6-1-4-10-7(6)5-9(11-8)2-3-9/h1,4,10H,2-3,5H2,(H,11,12). The fourth-order valence-corrected chi connectivity index (χ4v) is 1.91. The van der Waals surface area contributed by atoms with Crippen LogP contribution in [-0.2, 0) is 6.42 Å². The van der Waals surface area contributed by atoms with Gasteiger partial charge >= 0.3 is 0 Å². The van der Waals surface area contributed by atoms with Crippen LogP contribution in [-0.4, -0.2) is 16.4 Å². The van der Waals surface area contributed by atoms with Crippen LogP contribution in [0, 0.1) is 0 Å². The molecule has 12 heavy (non-hydrogen) atoms. The molecule has 0 aromatic carbocycles. The van der Waals surface area contributed by atoms with Crippen molar-refractivity contribution in [1.82, 2.24) is 10.3 Å². The van der Waals surface area contributed by atoms with Crippen LogP contribution in [0.2, 0.25) is 0 Å². The first-order valence-corrected chi connectivity index (χ1v) is 4.28. The number of fused-ring (bicyclic) bond motifs is 1. The molecule has 1 amide bonds. The maximum Gasteiger partial charge on any atom is 0.253 e. The van der Waals surface area contributed by atoms with Crippen molar-refractivity contribution >= 4 is 5.91 Å². The average molecular weight is 162 g/mol. The largest absolute Gasteiger partial charge is 0.364 e. The minimum absolute atomic E-state index is 0.0926. The molecule has 1 spiro atoms. The summed E-state index contributed by atoms with van der Waals surface area (Å²) in [5, 5.41) is 3.05. The fourth-order valence-electron chi connectivity index (χ4n) is 1.91. The normalized spacial score (nSPS) is 23.5. The predicted octanol–water partition coefficient (Wildman–Crippen LogP) is 0.833. The van der Waals surface area contributed by atoms with Crippen LogP contribution >= 0.6 is 0 Å². The molecular weight excluding hydrogens is 152 g/mol. The third-order valence-corrected chi connectivity index (χ3v) is 2.82. The van der Waals surface area contributed by atoms with Crippen LogP contribution in [0.1, 0.15) is 28.9 Å². The molecule has 1 aliphatic carbocycles. The molecule has 1 aliphatic heterocycles. The number of carbonyl (C=O) groups is 1. The summed E-state index contributed by atoms with van der Waals surface area (Å²) in [4.78, 5) is 14.6. The van der Waals surface area contributed by atoms with Crippen molar-refractivity contribution in [2.45, 2.75) is 24.8 Å². The monoisotopic (exact) mass is 162 g/mol. The van der Waals surface area contributed by atoms with Crippen LogP contribution in [0.25, 0.3) is 0 Å². The van der Waals surface area contributed by atoms with E-state index in [1.807, 2.05) is 12.3 Å². The van der Waals surface area contributed by atoms with Crippen molar-refractivity contribution in [3.63, 3.8) is 0 Å². The van der Waals surface area contributed by atoms with Gasteiger partial charge in [-0.05, 0) is 18.9 Å². The molecule has 0 bridgehead atoms. The van der Waals surface area contributed by atoms with E-state index in [2.05, 4.69) is 10.3 Å². The highest BCUT2D eigenvalue weighted by Crippen LogP contribution is 2.41. The lowest BCUT2D eigenvalue weighted by Crippen LogP contribution is -2.42. The Bertz CT molecular complexity index is 349. The van der Waals surface area contributed by atoms with E-state index in [9.17, 15) is 4.79 Å². The smallest absolute Gasteiger partial charge is 0.253 e. The van der Waals surface area contributed by atoms with Crippen molar-refractivity contribution in [3.8, 4) is 0 Å². The van der Waals surface area contributed by atoms with E-state index >= 15 is 0 Å².